The number of aliphatic hydroxyl groups is 1. The molecule has 4 aliphatic rings. The van der Waals surface area contributed by atoms with Crippen molar-refractivity contribution < 1.29 is 52.8 Å². The molecule has 0 radical (unpaired) electrons. The molecule has 11 atom stereocenters. The summed E-state index contributed by atoms with van der Waals surface area (Å²) in [5.41, 5.74) is -2.77. The molecule has 2 bridgehead atoms. The highest BCUT2D eigenvalue weighted by Gasteiger charge is 2.80. The molecule has 4 aliphatic carbocycles. The Morgan fingerprint density at radius 1 is 0.756 bits per heavy atom. The molecule has 0 aromatic heterocycles. The summed E-state index contributed by atoms with van der Waals surface area (Å²) in [6.07, 6.45) is -5.23. The minimum Gasteiger partial charge on any atom is -0.462 e. The lowest BCUT2D eigenvalue weighted by molar-refractivity contribution is -0.325. The van der Waals surface area contributed by atoms with Crippen LogP contribution in [0.4, 0.5) is 0 Å². The SMILES string of the molecule is C=C1[C@@H]2C[C@H](OC(C)=O)[C@@H]3[C@@]4(C)[C@@H](OC(C)=O)C[C@H](O)C(C)(C)[C@@H]4[C@@H](OC(C)=O)[C@H](OC(C)=O)[C@@]3(C2)[C@@H]1OC(C)=O. The number of carbonyl (C=O) groups excluding carboxylic acids is 5. The lowest BCUT2D eigenvalue weighted by Crippen LogP contribution is -2.77. The summed E-state index contributed by atoms with van der Waals surface area (Å²) in [7, 11) is 0. The first-order chi connectivity index (χ1) is 18.9. The zero-order chi connectivity index (χ0) is 30.8. The van der Waals surface area contributed by atoms with Gasteiger partial charge in [0.2, 0.25) is 0 Å². The summed E-state index contributed by atoms with van der Waals surface area (Å²) in [5, 5.41) is 11.4. The third kappa shape index (κ3) is 4.73. The molecule has 0 aromatic rings. The molecular weight excluding hydrogens is 536 g/mol. The maximum Gasteiger partial charge on any atom is 0.303 e. The van der Waals surface area contributed by atoms with Crippen LogP contribution in [0.5, 0.6) is 0 Å². The second kappa shape index (κ2) is 10.4. The normalized spacial score (nSPS) is 42.2. The lowest BCUT2D eigenvalue weighted by Gasteiger charge is -2.70. The van der Waals surface area contributed by atoms with E-state index in [1.54, 1.807) is 0 Å². The fourth-order valence-corrected chi connectivity index (χ4v) is 9.29. The van der Waals surface area contributed by atoms with E-state index in [1.165, 1.54) is 34.6 Å². The summed E-state index contributed by atoms with van der Waals surface area (Å²) in [6, 6.07) is 0. The van der Waals surface area contributed by atoms with E-state index in [0.717, 1.165) is 0 Å². The van der Waals surface area contributed by atoms with Gasteiger partial charge in [-0.15, -0.1) is 0 Å². The van der Waals surface area contributed by atoms with Crippen molar-refractivity contribution in [3.8, 4) is 0 Å². The molecule has 11 nitrogen and oxygen atoms in total. The summed E-state index contributed by atoms with van der Waals surface area (Å²) >= 11 is 0. The number of aliphatic hydroxyl groups excluding tert-OH is 1. The predicted octanol–water partition coefficient (Wildman–Crippen LogP) is 2.65. The van der Waals surface area contributed by atoms with Gasteiger partial charge in [-0.3, -0.25) is 24.0 Å². The van der Waals surface area contributed by atoms with E-state index in [-0.39, 0.29) is 12.3 Å². The van der Waals surface area contributed by atoms with E-state index in [9.17, 15) is 29.1 Å². The molecule has 0 unspecified atom stereocenters. The Labute approximate surface area is 240 Å². The van der Waals surface area contributed by atoms with Crippen LogP contribution in [0.3, 0.4) is 0 Å². The molecule has 4 rings (SSSR count). The van der Waals surface area contributed by atoms with Gasteiger partial charge in [0, 0.05) is 58.3 Å². The maximum absolute atomic E-state index is 12.7. The summed E-state index contributed by atoms with van der Waals surface area (Å²) < 4.78 is 30.0. The Morgan fingerprint density at radius 3 is 1.80 bits per heavy atom. The number of fused-ring (bicyclic) bond motifs is 3. The largest absolute Gasteiger partial charge is 0.462 e. The highest BCUT2D eigenvalue weighted by atomic mass is 16.6. The number of hydrogen-bond donors (Lipinski definition) is 1. The summed E-state index contributed by atoms with van der Waals surface area (Å²) in [4.78, 5) is 63.0. The van der Waals surface area contributed by atoms with E-state index in [4.69, 9.17) is 23.7 Å². The van der Waals surface area contributed by atoms with Crippen LogP contribution in [0.15, 0.2) is 12.2 Å². The maximum atomic E-state index is 12.7. The van der Waals surface area contributed by atoms with Crippen LogP contribution in [0, 0.1) is 34.0 Å². The molecule has 1 N–H and O–H groups in total. The third-order valence-electron chi connectivity index (χ3n) is 10.2. The van der Waals surface area contributed by atoms with Crippen molar-refractivity contribution in [1.82, 2.24) is 0 Å². The highest BCUT2D eigenvalue weighted by Crippen LogP contribution is 2.74. The summed E-state index contributed by atoms with van der Waals surface area (Å²) in [6.45, 7) is 16.1. The van der Waals surface area contributed by atoms with Crippen molar-refractivity contribution in [3.63, 3.8) is 0 Å². The monoisotopic (exact) mass is 578 g/mol. The van der Waals surface area contributed by atoms with Crippen molar-refractivity contribution in [3.05, 3.63) is 12.2 Å². The molecular formula is C30H42O11. The van der Waals surface area contributed by atoms with Crippen molar-refractivity contribution in [2.24, 2.45) is 34.0 Å². The molecule has 0 aromatic carbocycles. The Hall–Kier alpha value is -2.95. The third-order valence-corrected chi connectivity index (χ3v) is 10.2. The van der Waals surface area contributed by atoms with Crippen LogP contribution in [-0.4, -0.2) is 71.6 Å². The number of carbonyl (C=O) groups is 5. The second-order valence-corrected chi connectivity index (χ2v) is 13.1. The Morgan fingerprint density at radius 2 is 1.29 bits per heavy atom. The van der Waals surface area contributed by atoms with E-state index < -0.39 is 94.6 Å². The Balaban J connectivity index is 2.13. The average molecular weight is 579 g/mol. The van der Waals surface area contributed by atoms with Crippen molar-refractivity contribution in [1.29, 1.82) is 0 Å². The number of hydrogen-bond acceptors (Lipinski definition) is 11. The van der Waals surface area contributed by atoms with Crippen molar-refractivity contribution in [2.45, 2.75) is 111 Å². The molecule has 41 heavy (non-hydrogen) atoms. The average Bonchev–Trinajstić information content (AvgIpc) is 3.00. The predicted molar refractivity (Wildman–Crippen MR) is 142 cm³/mol. The highest BCUT2D eigenvalue weighted by molar-refractivity contribution is 5.69. The van der Waals surface area contributed by atoms with Crippen LogP contribution in [0.25, 0.3) is 0 Å². The minimum atomic E-state index is -1.26. The van der Waals surface area contributed by atoms with Gasteiger partial charge in [0.25, 0.3) is 0 Å². The van der Waals surface area contributed by atoms with Gasteiger partial charge in [0.15, 0.2) is 0 Å². The number of esters is 5. The molecule has 11 heteroatoms. The van der Waals surface area contributed by atoms with Crippen molar-refractivity contribution in [2.75, 3.05) is 0 Å². The number of ether oxygens (including phenoxy) is 5. The van der Waals surface area contributed by atoms with E-state index in [2.05, 4.69) is 6.58 Å². The van der Waals surface area contributed by atoms with Crippen LogP contribution in [0.2, 0.25) is 0 Å². The van der Waals surface area contributed by atoms with Gasteiger partial charge >= 0.3 is 29.8 Å². The molecule has 4 saturated carbocycles. The lowest BCUT2D eigenvalue weighted by atomic mass is 9.37. The van der Waals surface area contributed by atoms with Gasteiger partial charge < -0.3 is 28.8 Å². The standard InChI is InChI=1S/C30H42O11/c1-13-19-10-20(37-14(2)31)24-29(9)22(38-15(3)32)11-21(36)28(7,8)25(29)23(39-16(4)33)27(41-18(6)35)30(24,12-19)26(13)40-17(5)34/h19-27,36H,1,10-12H2,2-9H3/t19-,20+,21+,22+,23-,24-,25+,26-,27+,29-,30-/m1/s1. The van der Waals surface area contributed by atoms with Gasteiger partial charge in [-0.1, -0.05) is 27.4 Å². The van der Waals surface area contributed by atoms with Gasteiger partial charge in [0.05, 0.1) is 11.5 Å². The quantitative estimate of drug-likeness (QED) is 0.291. The van der Waals surface area contributed by atoms with Crippen molar-refractivity contribution >= 4 is 29.8 Å². The fourth-order valence-electron chi connectivity index (χ4n) is 9.29. The van der Waals surface area contributed by atoms with Crippen LogP contribution >= 0.6 is 0 Å². The molecule has 4 fully saturated rings. The molecule has 0 heterocycles. The molecule has 0 amide bonds. The second-order valence-electron chi connectivity index (χ2n) is 13.1. The van der Waals surface area contributed by atoms with Crippen LogP contribution in [-0.2, 0) is 47.7 Å². The first-order valence-electron chi connectivity index (χ1n) is 14.1. The summed E-state index contributed by atoms with van der Waals surface area (Å²) in [5.74, 6) is -4.75. The van der Waals surface area contributed by atoms with E-state index in [1.807, 2.05) is 20.8 Å². The van der Waals surface area contributed by atoms with Gasteiger partial charge in [-0.2, -0.15) is 0 Å². The topological polar surface area (TPSA) is 152 Å². The van der Waals surface area contributed by atoms with Gasteiger partial charge in [0.1, 0.15) is 30.5 Å². The van der Waals surface area contributed by atoms with Crippen LogP contribution in [0.1, 0.15) is 74.7 Å². The zero-order valence-electron chi connectivity index (χ0n) is 25.1. The Kier molecular flexibility index (Phi) is 7.86. The number of rotatable bonds is 5. The smallest absolute Gasteiger partial charge is 0.303 e. The molecule has 0 saturated heterocycles. The van der Waals surface area contributed by atoms with E-state index >= 15 is 0 Å². The minimum absolute atomic E-state index is 0.0621. The van der Waals surface area contributed by atoms with Gasteiger partial charge in [-0.25, -0.2) is 0 Å². The molecule has 0 aliphatic heterocycles. The zero-order valence-corrected chi connectivity index (χ0v) is 25.1. The fraction of sp³-hybridized carbons (Fsp3) is 0.767. The first-order valence-corrected chi connectivity index (χ1v) is 14.1. The Bertz CT molecular complexity index is 1160. The molecule has 1 spiro atoms. The van der Waals surface area contributed by atoms with Crippen LogP contribution < -0.4 is 0 Å². The molecule has 228 valence electrons. The van der Waals surface area contributed by atoms with E-state index in [0.29, 0.717) is 18.4 Å². The first kappa shape index (κ1) is 31.0. The van der Waals surface area contributed by atoms with Gasteiger partial charge in [-0.05, 0) is 29.7 Å².